The lowest BCUT2D eigenvalue weighted by molar-refractivity contribution is -0.723. The zero-order chi connectivity index (χ0) is 14.2. The second-order valence-electron chi connectivity index (χ2n) is 5.21. The predicted octanol–water partition coefficient (Wildman–Crippen LogP) is -1.23. The first-order chi connectivity index (χ1) is 8.66. The number of rotatable bonds is 3. The Morgan fingerprint density at radius 2 is 2.16 bits per heavy atom. The summed E-state index contributed by atoms with van der Waals surface area (Å²) < 4.78 is 35.4. The van der Waals surface area contributed by atoms with Gasteiger partial charge in [-0.15, -0.1) is 0 Å². The molecule has 1 amide bonds. The van der Waals surface area contributed by atoms with Gasteiger partial charge in [0, 0.05) is 6.42 Å². The third-order valence-electron chi connectivity index (χ3n) is 4.48. The largest absolute Gasteiger partial charge is 0.503 e. The maximum Gasteiger partial charge on any atom is 0.403 e. The van der Waals surface area contributed by atoms with Crippen molar-refractivity contribution in [3.8, 4) is 0 Å². The fourth-order valence-electron chi connectivity index (χ4n) is 3.83. The molecular weight excluding hydrogens is 278 g/mol. The van der Waals surface area contributed by atoms with Crippen LogP contribution in [0.4, 0.5) is 0 Å². The number of nitrogens with zero attached hydrogens (tertiary/aromatic N) is 2. The molecule has 4 atom stereocenters. The highest BCUT2D eigenvalue weighted by Gasteiger charge is 2.90. The molecule has 4 rings (SSSR count). The van der Waals surface area contributed by atoms with Gasteiger partial charge in [0.25, 0.3) is 0 Å². The smallest absolute Gasteiger partial charge is 0.403 e. The van der Waals surface area contributed by atoms with Crippen molar-refractivity contribution in [2.24, 2.45) is 17.6 Å². The molecule has 3 bridgehead atoms. The van der Waals surface area contributed by atoms with Crippen molar-refractivity contribution in [2.45, 2.75) is 30.5 Å². The molecule has 9 nitrogen and oxygen atoms in total. The molecular formula is C9H11N3O6S. The molecule has 0 aromatic rings. The van der Waals surface area contributed by atoms with Gasteiger partial charge in [0.2, 0.25) is 11.4 Å². The van der Waals surface area contributed by atoms with Crippen molar-refractivity contribution in [3.63, 3.8) is 0 Å². The van der Waals surface area contributed by atoms with Gasteiger partial charge in [-0.2, -0.15) is 12.6 Å². The van der Waals surface area contributed by atoms with Gasteiger partial charge in [0.05, 0.1) is 5.92 Å². The first-order valence-corrected chi connectivity index (χ1v) is 7.04. The maximum absolute atomic E-state index is 12.2. The average molecular weight is 289 g/mol. The molecule has 0 aromatic heterocycles. The SMILES string of the molecule is [N-]=[N+]1C23CC(CCC2C(N)=O)C1(OS(=O)(=O)O)C3=O. The molecule has 2 aliphatic carbocycles. The van der Waals surface area contributed by atoms with Crippen LogP contribution in [-0.2, 0) is 24.2 Å². The minimum atomic E-state index is -4.91. The lowest BCUT2D eigenvalue weighted by Gasteiger charge is -2.44. The van der Waals surface area contributed by atoms with E-state index in [0.29, 0.717) is 11.1 Å². The Morgan fingerprint density at radius 1 is 1.53 bits per heavy atom. The molecule has 1 spiro atoms. The van der Waals surface area contributed by atoms with Gasteiger partial charge >= 0.3 is 21.9 Å². The van der Waals surface area contributed by atoms with Crippen LogP contribution in [0.1, 0.15) is 19.3 Å². The van der Waals surface area contributed by atoms with Crippen LogP contribution in [0.5, 0.6) is 0 Å². The van der Waals surface area contributed by atoms with Crippen LogP contribution in [0.2, 0.25) is 0 Å². The van der Waals surface area contributed by atoms with E-state index in [0.717, 1.165) is 0 Å². The average Bonchev–Trinajstić information content (AvgIpc) is 2.59. The third kappa shape index (κ3) is 1.19. The van der Waals surface area contributed by atoms with E-state index in [1.165, 1.54) is 0 Å². The van der Waals surface area contributed by atoms with Crippen LogP contribution in [-0.4, -0.2) is 40.6 Å². The van der Waals surface area contributed by atoms with Crippen LogP contribution in [0.3, 0.4) is 0 Å². The summed E-state index contributed by atoms with van der Waals surface area (Å²) in [6, 6.07) is 0. The number of nitrogens with two attached hydrogens (primary N) is 1. The minimum absolute atomic E-state index is 0.0887. The van der Waals surface area contributed by atoms with E-state index in [4.69, 9.17) is 10.3 Å². The van der Waals surface area contributed by atoms with Gasteiger partial charge in [-0.05, 0) is 12.8 Å². The van der Waals surface area contributed by atoms with Crippen LogP contribution < -0.4 is 5.73 Å². The Bertz CT molecular complexity index is 610. The van der Waals surface area contributed by atoms with E-state index >= 15 is 0 Å². The van der Waals surface area contributed by atoms with Crippen LogP contribution in [0.15, 0.2) is 0 Å². The van der Waals surface area contributed by atoms with Crippen molar-refractivity contribution < 1.29 is 31.4 Å². The van der Waals surface area contributed by atoms with E-state index in [1.807, 2.05) is 0 Å². The standard InChI is InChI=1S/C9H11N3O6S/c10-6(13)5-2-1-4-3-8(5)7(14)9(4,12(8)11)18-19(15,16)17/h4-5H,1-3H2,(H2,10,13)(H,15,16,17). The van der Waals surface area contributed by atoms with Crippen molar-refractivity contribution in [2.75, 3.05) is 0 Å². The zero-order valence-electron chi connectivity index (χ0n) is 9.64. The Hall–Kier alpha value is -1.39. The Morgan fingerprint density at radius 3 is 2.63 bits per heavy atom. The molecule has 4 fully saturated rings. The zero-order valence-corrected chi connectivity index (χ0v) is 10.5. The van der Waals surface area contributed by atoms with Crippen LogP contribution >= 0.6 is 0 Å². The van der Waals surface area contributed by atoms with Gasteiger partial charge in [-0.25, -0.2) is 0 Å². The Kier molecular flexibility index (Phi) is 2.12. The molecule has 2 saturated heterocycles. The van der Waals surface area contributed by atoms with Crippen molar-refractivity contribution in [1.29, 1.82) is 0 Å². The van der Waals surface area contributed by atoms with E-state index < -0.39 is 45.2 Å². The van der Waals surface area contributed by atoms with E-state index in [1.54, 1.807) is 0 Å². The Balaban J connectivity index is 2.09. The maximum atomic E-state index is 12.2. The predicted molar refractivity (Wildman–Crippen MR) is 56.7 cm³/mol. The van der Waals surface area contributed by atoms with E-state index in [2.05, 4.69) is 4.18 Å². The van der Waals surface area contributed by atoms with Crippen LogP contribution in [0.25, 0.3) is 5.53 Å². The van der Waals surface area contributed by atoms with Gasteiger partial charge in [0.15, 0.2) is 0 Å². The fraction of sp³-hybridized carbons (Fsp3) is 0.778. The summed E-state index contributed by atoms with van der Waals surface area (Å²) in [6.07, 6.45) is 0.651. The lowest BCUT2D eigenvalue weighted by atomic mass is 9.72. The summed E-state index contributed by atoms with van der Waals surface area (Å²) in [4.78, 5) is 23.6. The topological polar surface area (TPSA) is 149 Å². The van der Waals surface area contributed by atoms with Crippen molar-refractivity contribution in [3.05, 3.63) is 5.53 Å². The number of carbonyl (C=O) groups is 2. The molecule has 2 aliphatic heterocycles. The summed E-state index contributed by atoms with van der Waals surface area (Å²) in [7, 11) is -4.91. The lowest BCUT2D eigenvalue weighted by Crippen LogP contribution is -2.75. The highest BCUT2D eigenvalue weighted by Crippen LogP contribution is 2.64. The summed E-state index contributed by atoms with van der Waals surface area (Å²) in [5.74, 6) is -2.93. The molecule has 10 heteroatoms. The van der Waals surface area contributed by atoms with Crippen molar-refractivity contribution in [1.82, 2.24) is 0 Å². The summed E-state index contributed by atoms with van der Waals surface area (Å²) in [6.45, 7) is 0. The number of carbonyl (C=O) groups excluding carboxylic acids is 2. The summed E-state index contributed by atoms with van der Waals surface area (Å²) >= 11 is 0. The monoisotopic (exact) mass is 289 g/mol. The fourth-order valence-corrected chi connectivity index (χ4v) is 4.43. The van der Waals surface area contributed by atoms with Crippen molar-refractivity contribution >= 4 is 22.1 Å². The van der Waals surface area contributed by atoms with E-state index in [-0.39, 0.29) is 12.8 Å². The molecule has 104 valence electrons. The van der Waals surface area contributed by atoms with Gasteiger partial charge < -0.3 is 11.3 Å². The van der Waals surface area contributed by atoms with Gasteiger partial charge in [-0.1, -0.05) is 0 Å². The number of ketones is 1. The second kappa shape index (κ2) is 3.19. The highest BCUT2D eigenvalue weighted by atomic mass is 32.3. The van der Waals surface area contributed by atoms with Crippen LogP contribution in [0, 0.1) is 11.8 Å². The second-order valence-corrected chi connectivity index (χ2v) is 6.23. The van der Waals surface area contributed by atoms with Gasteiger partial charge in [-0.3, -0.25) is 18.8 Å². The quantitative estimate of drug-likeness (QED) is 0.491. The highest BCUT2D eigenvalue weighted by molar-refractivity contribution is 7.81. The third-order valence-corrected chi connectivity index (χ3v) is 4.94. The molecule has 2 heterocycles. The summed E-state index contributed by atoms with van der Waals surface area (Å²) in [5.41, 5.74) is 11.6. The first kappa shape index (κ1) is 12.6. The summed E-state index contributed by atoms with van der Waals surface area (Å²) in [5, 5.41) is 0. The number of hydrogen-bond donors (Lipinski definition) is 2. The minimum Gasteiger partial charge on any atom is -0.503 e. The number of Topliss-reactive ketones (excluding diaryl/α,β-unsaturated/α-hetero) is 1. The molecule has 2 saturated carbocycles. The Labute approximate surface area is 108 Å². The van der Waals surface area contributed by atoms with Gasteiger partial charge in [0.1, 0.15) is 5.92 Å². The number of hydrogen-bond acceptors (Lipinski definition) is 5. The molecule has 3 N–H and O–H groups in total. The molecule has 0 radical (unpaired) electrons. The molecule has 0 aromatic carbocycles. The normalized spacial score (nSPS) is 44.1. The molecule has 4 aliphatic rings. The van der Waals surface area contributed by atoms with E-state index in [9.17, 15) is 23.5 Å². The molecule has 4 unspecified atom stereocenters. The number of amides is 1. The number of primary amides is 1. The first-order valence-electron chi connectivity index (χ1n) is 5.68. The molecule has 19 heavy (non-hydrogen) atoms.